The number of quaternary nitrogens is 1. The number of carbonyl (C=O) groups is 1. The topological polar surface area (TPSA) is 72.5 Å². The number of amides is 1. The molecule has 1 heterocycles. The van der Waals surface area contributed by atoms with Gasteiger partial charge in [-0.2, -0.15) is 8.42 Å². The number of carbonyl (C=O) groups excluding carboxylic acids is 1. The molecule has 0 aromatic carbocycles. The monoisotopic (exact) mass is 363 g/mol. The molecule has 1 N–H and O–H groups in total. The maximum atomic E-state index is 12.1. The van der Waals surface area contributed by atoms with E-state index in [1.54, 1.807) is 0 Å². The summed E-state index contributed by atoms with van der Waals surface area (Å²) in [5, 5.41) is 3.08. The van der Waals surface area contributed by atoms with Crippen molar-refractivity contribution in [1.29, 1.82) is 0 Å². The summed E-state index contributed by atoms with van der Waals surface area (Å²) >= 11 is 0. The van der Waals surface area contributed by atoms with Gasteiger partial charge in [-0.15, -0.1) is 0 Å². The molecule has 6 nitrogen and oxygen atoms in total. The molecule has 142 valence electrons. The summed E-state index contributed by atoms with van der Waals surface area (Å²) in [5.41, 5.74) is 0. The fourth-order valence-corrected chi connectivity index (χ4v) is 4.27. The smallest absolute Gasteiger partial charge is 0.267 e. The fourth-order valence-electron chi connectivity index (χ4n) is 3.62. The van der Waals surface area contributed by atoms with Gasteiger partial charge in [0.05, 0.1) is 45.6 Å². The largest absolute Gasteiger partial charge is 0.350 e. The van der Waals surface area contributed by atoms with Crippen molar-refractivity contribution in [3.05, 3.63) is 0 Å². The molecule has 0 unspecified atom stereocenters. The first-order valence-corrected chi connectivity index (χ1v) is 10.9. The Morgan fingerprint density at radius 1 is 1.12 bits per heavy atom. The van der Waals surface area contributed by atoms with Gasteiger partial charge in [0, 0.05) is 12.3 Å². The van der Waals surface area contributed by atoms with Crippen LogP contribution in [0.1, 0.15) is 52.4 Å². The molecule has 0 saturated carbocycles. The van der Waals surface area contributed by atoms with E-state index in [2.05, 4.69) is 9.50 Å². The second kappa shape index (κ2) is 10.4. The molecule has 0 aromatic heterocycles. The minimum absolute atomic E-state index is 0.0730. The van der Waals surface area contributed by atoms with Crippen molar-refractivity contribution in [3.8, 4) is 0 Å². The predicted molar refractivity (Wildman–Crippen MR) is 96.1 cm³/mol. The molecular formula is C17H35N2O4S+. The number of nitrogens with zero attached hydrogens (tertiary/aromatic N) is 1. The van der Waals surface area contributed by atoms with Gasteiger partial charge in [-0.1, -0.05) is 13.8 Å². The van der Waals surface area contributed by atoms with E-state index in [0.717, 1.165) is 43.5 Å². The molecule has 1 amide bonds. The van der Waals surface area contributed by atoms with Gasteiger partial charge in [0.2, 0.25) is 5.91 Å². The Hall–Kier alpha value is -0.660. The molecule has 24 heavy (non-hydrogen) atoms. The van der Waals surface area contributed by atoms with Crippen molar-refractivity contribution in [3.63, 3.8) is 0 Å². The van der Waals surface area contributed by atoms with Crippen LogP contribution in [-0.2, 0) is 19.1 Å². The van der Waals surface area contributed by atoms with Crippen molar-refractivity contribution in [1.82, 2.24) is 5.32 Å². The van der Waals surface area contributed by atoms with E-state index in [1.807, 2.05) is 13.8 Å². The molecule has 0 bridgehead atoms. The number of nitrogens with one attached hydrogen (secondary N) is 1. The molecule has 0 spiro atoms. The molecule has 0 atom stereocenters. The summed E-state index contributed by atoms with van der Waals surface area (Å²) in [7, 11) is -2.16. The van der Waals surface area contributed by atoms with Crippen LogP contribution in [0.25, 0.3) is 0 Å². The minimum Gasteiger partial charge on any atom is -0.350 e. The lowest BCUT2D eigenvalue weighted by molar-refractivity contribution is -0.931. The highest BCUT2D eigenvalue weighted by Gasteiger charge is 2.30. The maximum Gasteiger partial charge on any atom is 0.267 e. The molecule has 1 fully saturated rings. The van der Waals surface area contributed by atoms with Crippen molar-refractivity contribution < 1.29 is 21.9 Å². The van der Waals surface area contributed by atoms with E-state index >= 15 is 0 Å². The maximum absolute atomic E-state index is 12.1. The third-order valence-electron chi connectivity index (χ3n) is 5.29. The zero-order valence-electron chi connectivity index (χ0n) is 15.6. The number of likely N-dealkylation sites (tertiary alicyclic amines) is 1. The lowest BCUT2D eigenvalue weighted by atomic mass is 10.0. The highest BCUT2D eigenvalue weighted by molar-refractivity contribution is 7.86. The summed E-state index contributed by atoms with van der Waals surface area (Å²) < 4.78 is 28.5. The van der Waals surface area contributed by atoms with Gasteiger partial charge in [-0.25, -0.2) is 0 Å². The van der Waals surface area contributed by atoms with Crippen LogP contribution in [-0.4, -0.2) is 64.4 Å². The molecule has 7 heteroatoms. The minimum atomic E-state index is -3.38. The van der Waals surface area contributed by atoms with Gasteiger partial charge in [0.15, 0.2) is 0 Å². The Morgan fingerprint density at radius 3 is 2.29 bits per heavy atom. The van der Waals surface area contributed by atoms with Gasteiger partial charge in [0.1, 0.15) is 0 Å². The highest BCUT2D eigenvalue weighted by atomic mass is 32.2. The van der Waals surface area contributed by atoms with Crippen LogP contribution in [0.5, 0.6) is 0 Å². The van der Waals surface area contributed by atoms with E-state index in [9.17, 15) is 13.2 Å². The second-order valence-corrected chi connectivity index (χ2v) is 8.74. The Balaban J connectivity index is 2.50. The number of hydrogen-bond acceptors (Lipinski definition) is 4. The van der Waals surface area contributed by atoms with Crippen molar-refractivity contribution >= 4 is 16.0 Å². The van der Waals surface area contributed by atoms with E-state index in [0.29, 0.717) is 13.0 Å². The fraction of sp³-hybridized carbons (Fsp3) is 0.941. The second-order valence-electron chi connectivity index (χ2n) is 6.88. The Labute approximate surface area is 147 Å². The predicted octanol–water partition coefficient (Wildman–Crippen LogP) is 1.91. The van der Waals surface area contributed by atoms with Crippen molar-refractivity contribution in [2.75, 3.05) is 45.6 Å². The normalized spacial score (nSPS) is 17.8. The number of rotatable bonds is 11. The molecule has 1 aliphatic heterocycles. The molecule has 0 radical (unpaired) electrons. The number of piperidine rings is 1. The van der Waals surface area contributed by atoms with Crippen LogP contribution in [0, 0.1) is 5.92 Å². The summed E-state index contributed by atoms with van der Waals surface area (Å²) in [5.74, 6) is 0.327. The van der Waals surface area contributed by atoms with E-state index in [-0.39, 0.29) is 17.6 Å². The summed E-state index contributed by atoms with van der Waals surface area (Å²) in [6.45, 7) is 8.64. The molecular weight excluding hydrogens is 328 g/mol. The van der Waals surface area contributed by atoms with Crippen molar-refractivity contribution in [2.45, 2.75) is 52.4 Å². The molecule has 1 aliphatic rings. The quantitative estimate of drug-likeness (QED) is 0.449. The zero-order valence-corrected chi connectivity index (χ0v) is 16.4. The van der Waals surface area contributed by atoms with Gasteiger partial charge in [0.25, 0.3) is 10.1 Å². The van der Waals surface area contributed by atoms with Gasteiger partial charge < -0.3 is 9.80 Å². The first kappa shape index (κ1) is 21.4. The molecule has 1 saturated heterocycles. The van der Waals surface area contributed by atoms with E-state index in [4.69, 9.17) is 0 Å². The first-order valence-electron chi connectivity index (χ1n) is 9.29. The summed E-state index contributed by atoms with van der Waals surface area (Å²) in [6.07, 6.45) is 5.95. The van der Waals surface area contributed by atoms with Crippen LogP contribution in [0.2, 0.25) is 0 Å². The summed E-state index contributed by atoms with van der Waals surface area (Å²) in [6, 6.07) is 0. The zero-order chi connectivity index (χ0) is 18.1. The standard InChI is InChI=1S/C17H34N2O4S/c1-4-16(5-2)17(20)18-10-14-19(11-7-6-8-12-19)13-9-15-24(21,22)23-3/h16H,4-15H2,1-3H3/p+1. The average Bonchev–Trinajstić information content (AvgIpc) is 2.56. The Kier molecular flexibility index (Phi) is 9.23. The van der Waals surface area contributed by atoms with Gasteiger partial charge in [-0.3, -0.25) is 8.98 Å². The Bertz CT molecular complexity index is 469. The Morgan fingerprint density at radius 2 is 1.75 bits per heavy atom. The lowest BCUT2D eigenvalue weighted by Crippen LogP contribution is -2.55. The lowest BCUT2D eigenvalue weighted by Gasteiger charge is -2.41. The molecule has 0 aliphatic carbocycles. The number of hydrogen-bond donors (Lipinski definition) is 1. The molecule has 1 rings (SSSR count). The van der Waals surface area contributed by atoms with Crippen LogP contribution in [0.15, 0.2) is 0 Å². The average molecular weight is 364 g/mol. The van der Waals surface area contributed by atoms with Crippen LogP contribution < -0.4 is 5.32 Å². The van der Waals surface area contributed by atoms with Crippen LogP contribution in [0.4, 0.5) is 0 Å². The molecule has 0 aromatic rings. The van der Waals surface area contributed by atoms with Crippen molar-refractivity contribution in [2.24, 2.45) is 5.92 Å². The van der Waals surface area contributed by atoms with Gasteiger partial charge in [-0.05, 0) is 32.1 Å². The van der Waals surface area contributed by atoms with Crippen LogP contribution in [0.3, 0.4) is 0 Å². The highest BCUT2D eigenvalue weighted by Crippen LogP contribution is 2.19. The van der Waals surface area contributed by atoms with E-state index < -0.39 is 10.1 Å². The first-order chi connectivity index (χ1) is 11.4. The SMILES string of the molecule is CCC(CC)C(=O)NCC[N+]1(CCCS(=O)(=O)OC)CCCCC1. The van der Waals surface area contributed by atoms with Gasteiger partial charge >= 0.3 is 0 Å². The third-order valence-corrected chi connectivity index (χ3v) is 6.58. The summed E-state index contributed by atoms with van der Waals surface area (Å²) in [4.78, 5) is 12.1. The van der Waals surface area contributed by atoms with E-state index in [1.165, 1.54) is 26.4 Å². The third kappa shape index (κ3) is 7.07. The van der Waals surface area contributed by atoms with Crippen LogP contribution >= 0.6 is 0 Å².